The molecular formula is C8H4F3IN2. The van der Waals surface area contributed by atoms with Crippen molar-refractivity contribution >= 4 is 22.6 Å². The summed E-state index contributed by atoms with van der Waals surface area (Å²) in [5.41, 5.74) is -0.564. The molecule has 74 valence electrons. The van der Waals surface area contributed by atoms with Crippen molar-refractivity contribution in [2.75, 3.05) is 0 Å². The summed E-state index contributed by atoms with van der Waals surface area (Å²) < 4.78 is 36.9. The first-order chi connectivity index (χ1) is 6.38. The van der Waals surface area contributed by atoms with E-state index in [0.29, 0.717) is 5.69 Å². The second-order valence-corrected chi connectivity index (χ2v) is 3.63. The van der Waals surface area contributed by atoms with Gasteiger partial charge in [0.15, 0.2) is 0 Å². The van der Waals surface area contributed by atoms with Crippen molar-refractivity contribution in [3.63, 3.8) is 0 Å². The molecule has 0 amide bonds. The van der Waals surface area contributed by atoms with Crippen molar-refractivity contribution in [3.05, 3.63) is 26.6 Å². The fourth-order valence-electron chi connectivity index (χ4n) is 0.904. The molecule has 14 heavy (non-hydrogen) atoms. The Labute approximate surface area is 91.9 Å². The third-order valence-electron chi connectivity index (χ3n) is 1.62. The summed E-state index contributed by atoms with van der Waals surface area (Å²) in [5, 5.41) is 8.63. The van der Waals surface area contributed by atoms with E-state index in [1.807, 2.05) is 0 Å². The van der Waals surface area contributed by atoms with E-state index in [9.17, 15) is 13.2 Å². The number of nitriles is 1. The van der Waals surface area contributed by atoms with Crippen LogP contribution < -0.4 is 0 Å². The van der Waals surface area contributed by atoms with Gasteiger partial charge in [-0.05, 0) is 29.5 Å². The molecule has 0 atom stereocenters. The number of alkyl halides is 3. The highest BCUT2D eigenvalue weighted by molar-refractivity contribution is 14.1. The molecule has 0 N–H and O–H groups in total. The standard InChI is InChI=1S/C8H4F3IN2/c1-4-5(2-13)7(12)6(3-14-4)8(9,10)11/h3H,1H3. The summed E-state index contributed by atoms with van der Waals surface area (Å²) in [6, 6.07) is 1.71. The van der Waals surface area contributed by atoms with E-state index in [1.54, 1.807) is 6.07 Å². The van der Waals surface area contributed by atoms with Crippen molar-refractivity contribution in [3.8, 4) is 6.07 Å². The van der Waals surface area contributed by atoms with Crippen molar-refractivity contribution in [1.29, 1.82) is 5.26 Å². The Balaban J connectivity index is 3.46. The monoisotopic (exact) mass is 312 g/mol. The minimum Gasteiger partial charge on any atom is -0.260 e. The maximum absolute atomic E-state index is 12.3. The lowest BCUT2D eigenvalue weighted by Gasteiger charge is -2.10. The first-order valence-corrected chi connectivity index (χ1v) is 4.58. The Morgan fingerprint density at radius 2 is 2.07 bits per heavy atom. The van der Waals surface area contributed by atoms with Crippen LogP contribution in [0.15, 0.2) is 6.20 Å². The molecule has 0 aliphatic heterocycles. The molecule has 0 unspecified atom stereocenters. The topological polar surface area (TPSA) is 36.7 Å². The summed E-state index contributed by atoms with van der Waals surface area (Å²) in [6.45, 7) is 1.50. The van der Waals surface area contributed by atoms with Crippen LogP contribution in [0.5, 0.6) is 0 Å². The number of aryl methyl sites for hydroxylation is 1. The smallest absolute Gasteiger partial charge is 0.260 e. The molecule has 0 fully saturated rings. The van der Waals surface area contributed by atoms with Crippen LogP contribution in [0, 0.1) is 21.8 Å². The summed E-state index contributed by atoms with van der Waals surface area (Å²) in [5.74, 6) is 0. The van der Waals surface area contributed by atoms with Crippen molar-refractivity contribution in [2.24, 2.45) is 0 Å². The van der Waals surface area contributed by atoms with Gasteiger partial charge < -0.3 is 0 Å². The molecule has 0 saturated heterocycles. The molecule has 1 heterocycles. The predicted octanol–water partition coefficient (Wildman–Crippen LogP) is 2.89. The average Bonchev–Trinajstić information content (AvgIpc) is 2.02. The predicted molar refractivity (Wildman–Crippen MR) is 51.4 cm³/mol. The Kier molecular flexibility index (Phi) is 2.99. The van der Waals surface area contributed by atoms with E-state index in [1.165, 1.54) is 29.5 Å². The van der Waals surface area contributed by atoms with Gasteiger partial charge in [-0.15, -0.1) is 0 Å². The molecule has 0 saturated carbocycles. The minimum atomic E-state index is -4.46. The van der Waals surface area contributed by atoms with E-state index in [2.05, 4.69) is 4.98 Å². The summed E-state index contributed by atoms with van der Waals surface area (Å²) >= 11 is 1.51. The van der Waals surface area contributed by atoms with E-state index >= 15 is 0 Å². The Bertz CT molecular complexity index is 406. The molecule has 2 nitrogen and oxygen atoms in total. The van der Waals surface area contributed by atoms with Crippen LogP contribution in [0.4, 0.5) is 13.2 Å². The second-order valence-electron chi connectivity index (χ2n) is 2.56. The number of hydrogen-bond acceptors (Lipinski definition) is 2. The molecule has 0 bridgehead atoms. The molecular weight excluding hydrogens is 308 g/mol. The van der Waals surface area contributed by atoms with Crippen LogP contribution in [0.1, 0.15) is 16.8 Å². The molecule has 1 aromatic heterocycles. The first-order valence-electron chi connectivity index (χ1n) is 3.50. The molecule has 0 aliphatic rings. The quantitative estimate of drug-likeness (QED) is 0.691. The van der Waals surface area contributed by atoms with Crippen LogP contribution in [-0.4, -0.2) is 4.98 Å². The Morgan fingerprint density at radius 3 is 2.50 bits per heavy atom. The lowest BCUT2D eigenvalue weighted by atomic mass is 10.1. The second kappa shape index (κ2) is 3.73. The van der Waals surface area contributed by atoms with Crippen molar-refractivity contribution in [2.45, 2.75) is 13.1 Å². The number of rotatable bonds is 0. The number of halogens is 4. The normalized spacial score (nSPS) is 11.1. The van der Waals surface area contributed by atoms with Gasteiger partial charge in [0.25, 0.3) is 0 Å². The van der Waals surface area contributed by atoms with Crippen LogP contribution in [0.25, 0.3) is 0 Å². The lowest BCUT2D eigenvalue weighted by Crippen LogP contribution is -2.10. The highest BCUT2D eigenvalue weighted by Crippen LogP contribution is 2.33. The van der Waals surface area contributed by atoms with Crippen LogP contribution in [0.3, 0.4) is 0 Å². The molecule has 0 aliphatic carbocycles. The molecule has 0 aromatic carbocycles. The summed E-state index contributed by atoms with van der Waals surface area (Å²) in [6.07, 6.45) is -3.71. The molecule has 0 spiro atoms. The zero-order valence-electron chi connectivity index (χ0n) is 6.98. The van der Waals surface area contributed by atoms with Gasteiger partial charge in [0.2, 0.25) is 0 Å². The third-order valence-corrected chi connectivity index (χ3v) is 2.74. The highest BCUT2D eigenvalue weighted by atomic mass is 127. The lowest BCUT2D eigenvalue weighted by molar-refractivity contribution is -0.138. The fraction of sp³-hybridized carbons (Fsp3) is 0.250. The average molecular weight is 312 g/mol. The Morgan fingerprint density at radius 1 is 1.50 bits per heavy atom. The summed E-state index contributed by atoms with van der Waals surface area (Å²) in [4.78, 5) is 3.53. The number of pyridine rings is 1. The SMILES string of the molecule is Cc1ncc(C(F)(F)F)c(I)c1C#N. The van der Waals surface area contributed by atoms with Gasteiger partial charge in [0, 0.05) is 9.77 Å². The zero-order valence-corrected chi connectivity index (χ0v) is 9.14. The number of nitrogens with zero attached hydrogens (tertiary/aromatic N) is 2. The van der Waals surface area contributed by atoms with Gasteiger partial charge in [-0.1, -0.05) is 0 Å². The molecule has 1 aromatic rings. The van der Waals surface area contributed by atoms with Gasteiger partial charge in [-0.3, -0.25) is 4.98 Å². The first kappa shape index (κ1) is 11.2. The van der Waals surface area contributed by atoms with Gasteiger partial charge in [0.1, 0.15) is 6.07 Å². The van der Waals surface area contributed by atoms with Gasteiger partial charge in [0.05, 0.1) is 16.8 Å². The third kappa shape index (κ3) is 1.97. The van der Waals surface area contributed by atoms with Crippen LogP contribution in [-0.2, 0) is 6.18 Å². The minimum absolute atomic E-state index is 0.0135. The fourth-order valence-corrected chi connectivity index (χ4v) is 1.86. The zero-order chi connectivity index (χ0) is 10.9. The van der Waals surface area contributed by atoms with Gasteiger partial charge in [-0.2, -0.15) is 18.4 Å². The maximum atomic E-state index is 12.3. The van der Waals surface area contributed by atoms with E-state index in [0.717, 1.165) is 6.20 Å². The van der Waals surface area contributed by atoms with E-state index in [-0.39, 0.29) is 9.13 Å². The van der Waals surface area contributed by atoms with Crippen molar-refractivity contribution in [1.82, 2.24) is 4.98 Å². The largest absolute Gasteiger partial charge is 0.418 e. The highest BCUT2D eigenvalue weighted by Gasteiger charge is 2.34. The molecule has 6 heteroatoms. The number of hydrogen-bond donors (Lipinski definition) is 0. The molecule has 1 rings (SSSR count). The van der Waals surface area contributed by atoms with Gasteiger partial charge in [-0.25, -0.2) is 0 Å². The number of aromatic nitrogens is 1. The molecule has 0 radical (unpaired) electrons. The Hall–Kier alpha value is -0.840. The van der Waals surface area contributed by atoms with Crippen LogP contribution >= 0.6 is 22.6 Å². The van der Waals surface area contributed by atoms with Crippen molar-refractivity contribution < 1.29 is 13.2 Å². The van der Waals surface area contributed by atoms with E-state index in [4.69, 9.17) is 5.26 Å². The maximum Gasteiger partial charge on any atom is 0.418 e. The van der Waals surface area contributed by atoms with Crippen LogP contribution in [0.2, 0.25) is 0 Å². The van der Waals surface area contributed by atoms with Gasteiger partial charge >= 0.3 is 6.18 Å². The summed E-state index contributed by atoms with van der Waals surface area (Å²) in [7, 11) is 0. The van der Waals surface area contributed by atoms with E-state index < -0.39 is 11.7 Å².